The summed E-state index contributed by atoms with van der Waals surface area (Å²) in [7, 11) is 12.1. The van der Waals surface area contributed by atoms with E-state index >= 15 is 0 Å². The van der Waals surface area contributed by atoms with E-state index < -0.39 is 220 Å². The van der Waals surface area contributed by atoms with Crippen molar-refractivity contribution in [2.75, 3.05) is 83.3 Å². The Balaban J connectivity index is 1.23. The summed E-state index contributed by atoms with van der Waals surface area (Å²) in [6.07, 6.45) is -3.68. The van der Waals surface area contributed by atoms with E-state index in [1.54, 1.807) is 67.9 Å². The molecule has 4 fully saturated rings. The Morgan fingerprint density at radius 2 is 0.800 bits per heavy atom. The van der Waals surface area contributed by atoms with Crippen molar-refractivity contribution in [1.29, 1.82) is 0 Å². The maximum atomic E-state index is 14.4. The fourth-order valence-corrected chi connectivity index (χ4v) is 18.8. The van der Waals surface area contributed by atoms with Crippen molar-refractivity contribution in [2.45, 2.75) is 393 Å². The Hall–Kier alpha value is -4.72. The molecular formula is C96H160O34. The van der Waals surface area contributed by atoms with Crippen LogP contribution in [0.25, 0.3) is 0 Å². The fraction of sp³-hybridized carbons (Fsp3) is 0.833. The number of aliphatic hydroxyl groups excluding tert-OH is 10. The summed E-state index contributed by atoms with van der Waals surface area (Å²) in [5.41, 5.74) is 1.14. The zero-order valence-electron chi connectivity index (χ0n) is 80.0. The average molecular weight is 1860 g/mol. The molecule has 0 aromatic heterocycles. The van der Waals surface area contributed by atoms with Gasteiger partial charge in [-0.15, -0.1) is 0 Å². The van der Waals surface area contributed by atoms with Crippen LogP contribution in [0.4, 0.5) is 0 Å². The number of hydrogen-bond donors (Lipinski definition) is 10. The van der Waals surface area contributed by atoms with Crippen molar-refractivity contribution in [2.24, 2.45) is 35.5 Å². The molecule has 0 unspecified atom stereocenters. The van der Waals surface area contributed by atoms with Gasteiger partial charge in [-0.2, -0.15) is 0 Å². The smallest absolute Gasteiger partial charge is 0.337 e. The molecule has 0 amide bonds. The van der Waals surface area contributed by atoms with E-state index in [9.17, 15) is 70.2 Å². The minimum atomic E-state index is -1.90. The number of methoxy groups -OCH3 is 8. The highest BCUT2D eigenvalue weighted by Gasteiger charge is 2.49. The first-order chi connectivity index (χ1) is 62.0. The van der Waals surface area contributed by atoms with Gasteiger partial charge in [-0.25, -0.2) is 19.2 Å². The van der Waals surface area contributed by atoms with Gasteiger partial charge in [0.25, 0.3) is 0 Å². The summed E-state index contributed by atoms with van der Waals surface area (Å²) in [5, 5.41) is 113. The van der Waals surface area contributed by atoms with Crippen molar-refractivity contribution in [1.82, 2.24) is 0 Å². The Kier molecular flexibility index (Phi) is 49.6. The molecule has 38 atom stereocenters. The molecule has 0 aromatic rings. The maximum Gasteiger partial charge on any atom is 0.337 e. The molecule has 7 heterocycles. The van der Waals surface area contributed by atoms with Gasteiger partial charge in [0.05, 0.1) is 149 Å². The number of ether oxygens (including phenoxy) is 20. The van der Waals surface area contributed by atoms with Crippen molar-refractivity contribution < 1.29 is 165 Å². The van der Waals surface area contributed by atoms with Gasteiger partial charge in [0.15, 0.2) is 37.0 Å². The van der Waals surface area contributed by atoms with E-state index in [-0.39, 0.29) is 126 Å². The Morgan fingerprint density at radius 1 is 0.431 bits per heavy atom. The first-order valence-electron chi connectivity index (χ1n) is 46.9. The number of carbonyl (C=O) groups excluding carboxylic acids is 4. The maximum absolute atomic E-state index is 14.4. The van der Waals surface area contributed by atoms with E-state index in [1.165, 1.54) is 54.8 Å². The van der Waals surface area contributed by atoms with Crippen LogP contribution in [0.3, 0.4) is 0 Å². The molecule has 748 valence electrons. The molecule has 7 aliphatic heterocycles. The Labute approximate surface area is 769 Å². The van der Waals surface area contributed by atoms with Crippen LogP contribution in [0.15, 0.2) is 71.9 Å². The third kappa shape index (κ3) is 35.7. The monoisotopic (exact) mass is 1860 g/mol. The quantitative estimate of drug-likeness (QED) is 0.0197. The molecule has 34 heteroatoms. The van der Waals surface area contributed by atoms with Crippen LogP contribution in [-0.2, 0) is 114 Å². The van der Waals surface area contributed by atoms with Crippen LogP contribution in [0.5, 0.6) is 0 Å². The summed E-state index contributed by atoms with van der Waals surface area (Å²) in [5.74, 6) is -7.29. The lowest BCUT2D eigenvalue weighted by atomic mass is 9.83. The number of carbonyl (C=O) groups is 4. The highest BCUT2D eigenvalue weighted by Crippen LogP contribution is 2.38. The Bertz CT molecular complexity index is 3230. The highest BCUT2D eigenvalue weighted by atomic mass is 16.7. The van der Waals surface area contributed by atoms with Crippen LogP contribution >= 0.6 is 0 Å². The number of esters is 4. The van der Waals surface area contributed by atoms with E-state index in [0.29, 0.717) is 62.5 Å². The second-order valence-electron chi connectivity index (χ2n) is 37.2. The van der Waals surface area contributed by atoms with Crippen LogP contribution in [0.2, 0.25) is 0 Å². The second-order valence-corrected chi connectivity index (χ2v) is 37.2. The molecular weight excluding hydrogens is 1700 g/mol. The van der Waals surface area contributed by atoms with Crippen LogP contribution in [-0.4, -0.2) is 354 Å². The van der Waals surface area contributed by atoms with Gasteiger partial charge < -0.3 is 146 Å². The van der Waals surface area contributed by atoms with Gasteiger partial charge in [0.2, 0.25) is 0 Å². The molecule has 0 saturated carbocycles. The van der Waals surface area contributed by atoms with Crippen LogP contribution in [0.1, 0.15) is 198 Å². The van der Waals surface area contributed by atoms with Crippen molar-refractivity contribution in [3.05, 3.63) is 71.9 Å². The summed E-state index contributed by atoms with van der Waals surface area (Å²) < 4.78 is 123. The molecule has 130 heavy (non-hydrogen) atoms. The van der Waals surface area contributed by atoms with E-state index in [4.69, 9.17) is 94.7 Å². The number of rotatable bonds is 30. The third-order valence-corrected chi connectivity index (χ3v) is 27.2. The summed E-state index contributed by atoms with van der Waals surface area (Å²) in [4.78, 5) is 55.3. The number of fused-ring (bicyclic) bond motifs is 4. The predicted molar refractivity (Wildman–Crippen MR) is 475 cm³/mol. The van der Waals surface area contributed by atoms with Gasteiger partial charge in [-0.1, -0.05) is 101 Å². The molecule has 0 aliphatic carbocycles. The first kappa shape index (κ1) is 112. The molecule has 0 radical (unpaired) electrons. The zero-order chi connectivity index (χ0) is 95.6. The predicted octanol–water partition coefficient (Wildman–Crippen LogP) is 6.97. The molecule has 7 aliphatic rings. The molecule has 10 N–H and O–H groups in total. The van der Waals surface area contributed by atoms with E-state index in [0.717, 1.165) is 12.8 Å². The summed E-state index contributed by atoms with van der Waals surface area (Å²) in [6, 6.07) is 0. The molecule has 4 saturated heterocycles. The SMILES string of the molecule is CO[C@H]1C[C@H](CC[C@H](C)[C@H](O)[C@H](C)[C@@H]2C[C@H](O)C[C@H](O)[C@H](C)[C@@H](OC)C[C@@H]3CC=C[C@@H](C[C@@H](O[C@H]4OC[C@H](OC)[C@@H](OC)[C@@H]4OC(=O)[C@@H](O)CO)CC=C(C)/C=C/C(=O)O[C@H]([C@@H](C)[C@@H](O)[C@@H](C)CC[C@H]4C[C@H](OC)C[C@H](C)O4)C[C@H](O)C[C@H](O)[C@H](C)[C@@H](OC)C[C@@H]4CC=C[C@@H](C[C@@H](O[C@H]5OC[C@H](OC)[C@@H](OC)[C@@H]5OC(=O)[C@H](O)CO)C/C=C(C)/C=C\C(=O)O2)O4)O3)O[C@@H](C)C1. The molecule has 4 bridgehead atoms. The standard InChI is InChI=1S/C96H160O34/c1-53-25-31-71(125-95-91(129-93(109)77(103)49-97)89(117-17)83(115-15)51-119-95)43-65-21-19-23-67(123-65)47-79(113-13)60(8)76(102)40-64(100)42-82(62(10)88(108)56(4)30-34-70-46-74(112-12)38-58(6)122-70)128-86(106)36-28-54(2)26-32-72(126-96-92(130-94(110)78(104)50-98)90(118-18)84(116-16)52-120-96)44-66-22-20-24-68(124-66)48-80(114-14)59(7)75(101)39-63(99)41-81(127-85(105)35-27-53)61(9)87(107)55(3)29-33-69-45-73(111-11)37-57(5)121-69/h19-22,25-28,35-36,55-84,87-92,95-104,107-108H,23-24,29-34,37-52H2,1-18H3/b35-27-,36-28+,53-25+,54-26?/t55-,56-,57-,58-,59-,60-,61+,62+,63+,64+,65-,66-,67-,68-,69-,70-,71-,72-,73+,74+,75-,76-,77+,78-,79-,80-,81-,82-,83-,84-,87-,88-,89+,90+,91-,92-,95+,96+/m0/s1. The fourth-order valence-electron chi connectivity index (χ4n) is 18.8. The van der Waals surface area contributed by atoms with Crippen molar-refractivity contribution >= 4 is 23.9 Å². The zero-order valence-corrected chi connectivity index (χ0v) is 80.0. The number of allylic oxidation sites excluding steroid dienone is 4. The first-order valence-corrected chi connectivity index (χ1v) is 46.9. The minimum Gasteiger partial charge on any atom is -0.459 e. The lowest BCUT2D eigenvalue weighted by molar-refractivity contribution is -0.296. The van der Waals surface area contributed by atoms with Gasteiger partial charge in [-0.3, -0.25) is 0 Å². The van der Waals surface area contributed by atoms with E-state index in [1.807, 2.05) is 64.2 Å². The number of cyclic esters (lactones) is 2. The minimum absolute atomic E-state index is 0.0170. The summed E-state index contributed by atoms with van der Waals surface area (Å²) >= 11 is 0. The number of aliphatic hydroxyl groups is 10. The topological polar surface area (TPSA) is 455 Å². The van der Waals surface area contributed by atoms with Crippen LogP contribution in [0, 0.1) is 35.5 Å². The normalized spacial score (nSPS) is 38.7. The third-order valence-electron chi connectivity index (χ3n) is 27.2. The van der Waals surface area contributed by atoms with Gasteiger partial charge in [0, 0.05) is 131 Å². The molecule has 0 aromatic carbocycles. The molecule has 7 rings (SSSR count). The molecule has 0 spiro atoms. The van der Waals surface area contributed by atoms with Crippen molar-refractivity contribution in [3.63, 3.8) is 0 Å². The number of hydrogen-bond acceptors (Lipinski definition) is 34. The van der Waals surface area contributed by atoms with Crippen LogP contribution < -0.4 is 0 Å². The average Bonchev–Trinajstić information content (AvgIpc) is 0.816. The van der Waals surface area contributed by atoms with Crippen molar-refractivity contribution in [3.8, 4) is 0 Å². The van der Waals surface area contributed by atoms with Gasteiger partial charge >= 0.3 is 23.9 Å². The highest BCUT2D eigenvalue weighted by molar-refractivity contribution is 5.83. The summed E-state index contributed by atoms with van der Waals surface area (Å²) in [6.45, 7) is 16.5. The van der Waals surface area contributed by atoms with E-state index in [2.05, 4.69) is 0 Å². The van der Waals surface area contributed by atoms with Gasteiger partial charge in [0.1, 0.15) is 36.6 Å². The second kappa shape index (κ2) is 57.5. The molecule has 34 nitrogen and oxygen atoms in total. The van der Waals surface area contributed by atoms with Gasteiger partial charge in [-0.05, 0) is 129 Å². The lowest BCUT2D eigenvalue weighted by Gasteiger charge is -2.42. The lowest BCUT2D eigenvalue weighted by Crippen LogP contribution is -2.58. The Morgan fingerprint density at radius 3 is 1.14 bits per heavy atom. The largest absolute Gasteiger partial charge is 0.459 e.